The molecular formula is C20H32N4O. The quantitative estimate of drug-likeness (QED) is 0.502. The Hall–Kier alpha value is -2.04. The van der Waals surface area contributed by atoms with Crippen LogP contribution in [0.1, 0.15) is 51.5 Å². The second kappa shape index (κ2) is 9.44. The van der Waals surface area contributed by atoms with Crippen molar-refractivity contribution in [1.82, 2.24) is 16.0 Å². The number of carbonyl (C=O) groups is 1. The molecule has 1 amide bonds. The Labute approximate surface area is 151 Å². The summed E-state index contributed by atoms with van der Waals surface area (Å²) in [5, 5.41) is 9.66. The van der Waals surface area contributed by atoms with E-state index in [1.807, 2.05) is 6.92 Å². The van der Waals surface area contributed by atoms with Gasteiger partial charge in [0, 0.05) is 38.0 Å². The number of aliphatic imine (C=N–C) groups is 1. The maximum absolute atomic E-state index is 11.8. The lowest BCUT2D eigenvalue weighted by Crippen LogP contribution is -2.49. The van der Waals surface area contributed by atoms with Gasteiger partial charge in [0.05, 0.1) is 0 Å². The molecule has 0 spiro atoms. The average Bonchev–Trinajstić information content (AvgIpc) is 2.60. The highest BCUT2D eigenvalue weighted by Gasteiger charge is 2.38. The van der Waals surface area contributed by atoms with E-state index in [4.69, 9.17) is 0 Å². The van der Waals surface area contributed by atoms with Crippen molar-refractivity contribution < 1.29 is 4.79 Å². The molecule has 2 rings (SSSR count). The van der Waals surface area contributed by atoms with Crippen LogP contribution < -0.4 is 16.0 Å². The summed E-state index contributed by atoms with van der Waals surface area (Å²) in [6.07, 6.45) is 5.09. The van der Waals surface area contributed by atoms with Gasteiger partial charge in [-0.25, -0.2) is 0 Å². The van der Waals surface area contributed by atoms with Gasteiger partial charge in [0.25, 0.3) is 0 Å². The lowest BCUT2D eigenvalue weighted by atomic mass is 9.64. The average molecular weight is 345 g/mol. The van der Waals surface area contributed by atoms with E-state index in [0.29, 0.717) is 13.0 Å². The molecule has 1 unspecified atom stereocenters. The van der Waals surface area contributed by atoms with Gasteiger partial charge in [0.15, 0.2) is 5.96 Å². The zero-order valence-electron chi connectivity index (χ0n) is 15.8. The third-order valence-corrected chi connectivity index (χ3v) is 5.18. The van der Waals surface area contributed by atoms with Crippen molar-refractivity contribution in [2.45, 2.75) is 57.4 Å². The Morgan fingerprint density at radius 1 is 1.24 bits per heavy atom. The molecule has 1 saturated carbocycles. The van der Waals surface area contributed by atoms with E-state index in [1.165, 1.54) is 24.8 Å². The summed E-state index contributed by atoms with van der Waals surface area (Å²) in [5.41, 5.74) is 1.62. The van der Waals surface area contributed by atoms with Crippen LogP contribution in [0.15, 0.2) is 35.3 Å². The molecule has 1 fully saturated rings. The Morgan fingerprint density at radius 3 is 2.52 bits per heavy atom. The van der Waals surface area contributed by atoms with Crippen molar-refractivity contribution >= 4 is 11.9 Å². The van der Waals surface area contributed by atoms with Crippen LogP contribution in [0.2, 0.25) is 0 Å². The summed E-state index contributed by atoms with van der Waals surface area (Å²) in [5.74, 6) is 0.843. The lowest BCUT2D eigenvalue weighted by molar-refractivity contribution is -0.121. The number of carbonyl (C=O) groups excluding carboxylic acids is 1. The Kier molecular flexibility index (Phi) is 7.29. The van der Waals surface area contributed by atoms with Crippen LogP contribution in [-0.4, -0.2) is 38.0 Å². The number of benzene rings is 1. The highest BCUT2D eigenvalue weighted by Crippen LogP contribution is 2.43. The van der Waals surface area contributed by atoms with Gasteiger partial charge in [-0.15, -0.1) is 0 Å². The van der Waals surface area contributed by atoms with Crippen molar-refractivity contribution in [1.29, 1.82) is 0 Å². The van der Waals surface area contributed by atoms with Gasteiger partial charge in [0.1, 0.15) is 0 Å². The van der Waals surface area contributed by atoms with E-state index in [-0.39, 0.29) is 17.4 Å². The highest BCUT2D eigenvalue weighted by molar-refractivity contribution is 5.81. The first-order chi connectivity index (χ1) is 12.1. The molecule has 138 valence electrons. The normalized spacial score (nSPS) is 17.3. The molecule has 3 N–H and O–H groups in total. The fourth-order valence-electron chi connectivity index (χ4n) is 3.18. The van der Waals surface area contributed by atoms with E-state index in [1.54, 1.807) is 7.05 Å². The molecule has 0 radical (unpaired) electrons. The molecule has 1 aromatic rings. The summed E-state index contributed by atoms with van der Waals surface area (Å²) < 4.78 is 0. The SMILES string of the molecule is CCC(C)NC(=O)CCNC(=NC)NCC1(c2ccccc2)CCC1. The molecule has 0 aliphatic heterocycles. The van der Waals surface area contributed by atoms with Gasteiger partial charge < -0.3 is 16.0 Å². The van der Waals surface area contributed by atoms with Gasteiger partial charge in [-0.05, 0) is 31.7 Å². The number of rotatable bonds is 8. The van der Waals surface area contributed by atoms with E-state index >= 15 is 0 Å². The molecule has 1 aromatic carbocycles. The van der Waals surface area contributed by atoms with E-state index in [0.717, 1.165) is 18.9 Å². The largest absolute Gasteiger partial charge is 0.356 e. The molecule has 1 aliphatic carbocycles. The number of nitrogens with zero attached hydrogens (tertiary/aromatic N) is 1. The van der Waals surface area contributed by atoms with Gasteiger partial charge >= 0.3 is 0 Å². The molecular weight excluding hydrogens is 312 g/mol. The lowest BCUT2D eigenvalue weighted by Gasteiger charge is -2.43. The van der Waals surface area contributed by atoms with Gasteiger partial charge in [0.2, 0.25) is 5.91 Å². The summed E-state index contributed by atoms with van der Waals surface area (Å²) in [4.78, 5) is 16.1. The number of guanidine groups is 1. The minimum absolute atomic E-state index is 0.0806. The van der Waals surface area contributed by atoms with Crippen molar-refractivity contribution in [3.63, 3.8) is 0 Å². The van der Waals surface area contributed by atoms with Gasteiger partial charge in [-0.2, -0.15) is 0 Å². The monoisotopic (exact) mass is 344 g/mol. The first-order valence-corrected chi connectivity index (χ1v) is 9.39. The first-order valence-electron chi connectivity index (χ1n) is 9.39. The van der Waals surface area contributed by atoms with Crippen LogP contribution in [-0.2, 0) is 10.2 Å². The smallest absolute Gasteiger partial charge is 0.221 e. The molecule has 0 saturated heterocycles. The second-order valence-electron chi connectivity index (χ2n) is 6.98. The highest BCUT2D eigenvalue weighted by atomic mass is 16.1. The summed E-state index contributed by atoms with van der Waals surface area (Å²) in [6, 6.07) is 11.0. The molecule has 25 heavy (non-hydrogen) atoms. The molecule has 1 aliphatic rings. The number of amides is 1. The number of hydrogen-bond donors (Lipinski definition) is 3. The third-order valence-electron chi connectivity index (χ3n) is 5.18. The van der Waals surface area contributed by atoms with Crippen LogP contribution in [0.3, 0.4) is 0 Å². The van der Waals surface area contributed by atoms with Crippen LogP contribution >= 0.6 is 0 Å². The standard InChI is InChI=1S/C20H32N4O/c1-4-16(2)24-18(25)11-14-22-19(21-3)23-15-20(12-8-13-20)17-9-6-5-7-10-17/h5-7,9-10,16H,4,8,11-15H2,1-3H3,(H,24,25)(H2,21,22,23). The molecule has 0 heterocycles. The molecule has 1 atom stereocenters. The van der Waals surface area contributed by atoms with Crippen LogP contribution in [0.5, 0.6) is 0 Å². The van der Waals surface area contributed by atoms with E-state index in [2.05, 4.69) is 58.2 Å². The Bertz CT molecular complexity index is 566. The van der Waals surface area contributed by atoms with Crippen molar-refractivity contribution in [2.75, 3.05) is 20.1 Å². The fourth-order valence-corrected chi connectivity index (χ4v) is 3.18. The maximum Gasteiger partial charge on any atom is 0.221 e. The molecule has 0 bridgehead atoms. The molecule has 5 nitrogen and oxygen atoms in total. The second-order valence-corrected chi connectivity index (χ2v) is 6.98. The summed E-state index contributed by atoms with van der Waals surface area (Å²) in [6.45, 7) is 5.54. The molecule has 0 aromatic heterocycles. The van der Waals surface area contributed by atoms with Gasteiger partial charge in [-0.1, -0.05) is 43.7 Å². The maximum atomic E-state index is 11.8. The fraction of sp³-hybridized carbons (Fsp3) is 0.600. The zero-order valence-corrected chi connectivity index (χ0v) is 15.8. The zero-order chi connectivity index (χ0) is 18.1. The van der Waals surface area contributed by atoms with Crippen molar-refractivity contribution in [3.8, 4) is 0 Å². The predicted octanol–water partition coefficient (Wildman–Crippen LogP) is 2.58. The van der Waals surface area contributed by atoms with Gasteiger partial charge in [-0.3, -0.25) is 9.79 Å². The van der Waals surface area contributed by atoms with Crippen LogP contribution in [0.4, 0.5) is 0 Å². The van der Waals surface area contributed by atoms with Crippen molar-refractivity contribution in [2.24, 2.45) is 4.99 Å². The van der Waals surface area contributed by atoms with Crippen LogP contribution in [0, 0.1) is 0 Å². The van der Waals surface area contributed by atoms with E-state index < -0.39 is 0 Å². The summed E-state index contributed by atoms with van der Waals surface area (Å²) >= 11 is 0. The Balaban J connectivity index is 1.77. The summed E-state index contributed by atoms with van der Waals surface area (Å²) in [7, 11) is 1.77. The minimum Gasteiger partial charge on any atom is -0.356 e. The van der Waals surface area contributed by atoms with Crippen molar-refractivity contribution in [3.05, 3.63) is 35.9 Å². The minimum atomic E-state index is 0.0806. The van der Waals surface area contributed by atoms with E-state index in [9.17, 15) is 4.79 Å². The molecule has 5 heteroatoms. The Morgan fingerprint density at radius 2 is 1.96 bits per heavy atom. The van der Waals surface area contributed by atoms with Crippen LogP contribution in [0.25, 0.3) is 0 Å². The predicted molar refractivity (Wildman–Crippen MR) is 104 cm³/mol. The topological polar surface area (TPSA) is 65.5 Å². The third kappa shape index (κ3) is 5.48. The number of hydrogen-bond acceptors (Lipinski definition) is 2. The first kappa shape index (κ1) is 19.3. The number of nitrogens with one attached hydrogen (secondary N) is 3.